The number of aromatic nitrogens is 3. The summed E-state index contributed by atoms with van der Waals surface area (Å²) in [6, 6.07) is 25.0. The lowest BCUT2D eigenvalue weighted by Gasteiger charge is -2.14. The summed E-state index contributed by atoms with van der Waals surface area (Å²) < 4.78 is 3.55. The molecule has 1 atom stereocenters. The number of fused-ring (bicyclic) bond motifs is 3. The molecule has 3 heterocycles. The zero-order valence-corrected chi connectivity index (χ0v) is 18.3. The van der Waals surface area contributed by atoms with E-state index in [9.17, 15) is 9.59 Å². The molecule has 0 aliphatic heterocycles. The van der Waals surface area contributed by atoms with Crippen LogP contribution in [0.1, 0.15) is 34.3 Å². The number of hydrogen-bond acceptors (Lipinski definition) is 3. The van der Waals surface area contributed by atoms with Crippen LogP contribution in [0.2, 0.25) is 0 Å². The van der Waals surface area contributed by atoms with Gasteiger partial charge in [-0.3, -0.25) is 14.2 Å². The Morgan fingerprint density at radius 1 is 0.939 bits per heavy atom. The van der Waals surface area contributed by atoms with Crippen LogP contribution in [0.3, 0.4) is 0 Å². The van der Waals surface area contributed by atoms with E-state index in [1.165, 1.54) is 5.56 Å². The smallest absolute Gasteiger partial charge is 0.276 e. The molecule has 1 unspecified atom stereocenters. The fourth-order valence-electron chi connectivity index (χ4n) is 4.12. The Kier molecular flexibility index (Phi) is 5.48. The van der Waals surface area contributed by atoms with E-state index in [4.69, 9.17) is 0 Å². The topological polar surface area (TPSA) is 68.4 Å². The van der Waals surface area contributed by atoms with Crippen LogP contribution in [-0.2, 0) is 6.54 Å². The van der Waals surface area contributed by atoms with E-state index in [0.717, 1.165) is 11.1 Å². The molecule has 164 valence electrons. The van der Waals surface area contributed by atoms with Crippen LogP contribution in [0, 0.1) is 0 Å². The van der Waals surface area contributed by atoms with Crippen molar-refractivity contribution in [3.05, 3.63) is 118 Å². The van der Waals surface area contributed by atoms with Gasteiger partial charge in [-0.2, -0.15) is 0 Å². The van der Waals surface area contributed by atoms with Gasteiger partial charge in [0.05, 0.1) is 12.1 Å². The Morgan fingerprint density at radius 2 is 1.70 bits per heavy atom. The van der Waals surface area contributed by atoms with Crippen molar-refractivity contribution in [1.82, 2.24) is 19.3 Å². The summed E-state index contributed by atoms with van der Waals surface area (Å²) >= 11 is 0. The van der Waals surface area contributed by atoms with E-state index < -0.39 is 0 Å². The molecule has 1 amide bonds. The molecule has 0 fully saturated rings. The van der Waals surface area contributed by atoms with Gasteiger partial charge in [0, 0.05) is 24.5 Å². The van der Waals surface area contributed by atoms with Crippen LogP contribution in [0.25, 0.3) is 16.7 Å². The van der Waals surface area contributed by atoms with Gasteiger partial charge in [0.15, 0.2) is 5.65 Å². The van der Waals surface area contributed by atoms with Crippen LogP contribution in [-0.4, -0.2) is 26.4 Å². The Hall–Kier alpha value is -4.19. The standard InChI is InChI=1S/C27H24N4O2/c1-19(21-7-3-2-4-8-21)17-29-26(32)22-13-11-20(12-14-22)18-31-25-23(9-5-15-28-25)30-16-6-10-24(30)27(31)33/h2-16,19H,17-18H2,1H3,(H,29,32). The van der Waals surface area contributed by atoms with Crippen LogP contribution in [0.4, 0.5) is 0 Å². The van der Waals surface area contributed by atoms with Gasteiger partial charge in [-0.1, -0.05) is 49.4 Å². The predicted molar refractivity (Wildman–Crippen MR) is 130 cm³/mol. The molecule has 0 bridgehead atoms. The Labute approximate surface area is 191 Å². The molecule has 0 spiro atoms. The number of nitrogens with one attached hydrogen (secondary N) is 1. The van der Waals surface area contributed by atoms with Gasteiger partial charge in [0.25, 0.3) is 11.5 Å². The third kappa shape index (κ3) is 4.03. The first kappa shape index (κ1) is 20.7. The minimum absolute atomic E-state index is 0.0945. The van der Waals surface area contributed by atoms with E-state index in [-0.39, 0.29) is 17.4 Å². The molecule has 1 N–H and O–H groups in total. The SMILES string of the molecule is CC(CNC(=O)c1ccc(Cn2c(=O)c3cccn3c3cccnc32)cc1)c1ccccc1. The molecule has 0 saturated carbocycles. The fourth-order valence-corrected chi connectivity index (χ4v) is 4.12. The molecule has 2 aromatic carbocycles. The summed E-state index contributed by atoms with van der Waals surface area (Å²) in [6.07, 6.45) is 3.56. The summed E-state index contributed by atoms with van der Waals surface area (Å²) in [5.41, 5.74) is 4.73. The van der Waals surface area contributed by atoms with Crippen molar-refractivity contribution in [3.8, 4) is 0 Å². The van der Waals surface area contributed by atoms with Crippen LogP contribution < -0.4 is 10.9 Å². The number of rotatable bonds is 6. The van der Waals surface area contributed by atoms with Crippen molar-refractivity contribution >= 4 is 22.6 Å². The normalized spacial score (nSPS) is 12.2. The maximum Gasteiger partial charge on any atom is 0.276 e. The lowest BCUT2D eigenvalue weighted by atomic mass is 10.0. The van der Waals surface area contributed by atoms with E-state index >= 15 is 0 Å². The largest absolute Gasteiger partial charge is 0.351 e. The van der Waals surface area contributed by atoms with Crippen molar-refractivity contribution in [2.24, 2.45) is 0 Å². The maximum atomic E-state index is 13.1. The first-order valence-corrected chi connectivity index (χ1v) is 11.0. The van der Waals surface area contributed by atoms with Crippen molar-refractivity contribution in [1.29, 1.82) is 0 Å². The summed E-state index contributed by atoms with van der Waals surface area (Å²) in [5, 5.41) is 3.01. The maximum absolute atomic E-state index is 13.1. The van der Waals surface area contributed by atoms with E-state index in [1.807, 2.05) is 65.2 Å². The average Bonchev–Trinajstić information content (AvgIpc) is 3.36. The van der Waals surface area contributed by atoms with Gasteiger partial charge in [0.2, 0.25) is 0 Å². The van der Waals surface area contributed by atoms with Crippen LogP contribution in [0.15, 0.2) is 96.1 Å². The number of hydrogen-bond donors (Lipinski definition) is 1. The summed E-state index contributed by atoms with van der Waals surface area (Å²) in [6.45, 7) is 3.03. The third-order valence-corrected chi connectivity index (χ3v) is 5.99. The van der Waals surface area contributed by atoms with Gasteiger partial charge in [0.1, 0.15) is 5.52 Å². The Morgan fingerprint density at radius 3 is 2.48 bits per heavy atom. The molecule has 0 aliphatic rings. The fraction of sp³-hybridized carbons (Fsp3) is 0.148. The van der Waals surface area contributed by atoms with E-state index in [0.29, 0.717) is 29.8 Å². The minimum Gasteiger partial charge on any atom is -0.351 e. The Bertz CT molecular complexity index is 1480. The van der Waals surface area contributed by atoms with Crippen molar-refractivity contribution in [3.63, 3.8) is 0 Å². The summed E-state index contributed by atoms with van der Waals surface area (Å²) in [5.74, 6) is 0.120. The lowest BCUT2D eigenvalue weighted by molar-refractivity contribution is 0.0951. The quantitative estimate of drug-likeness (QED) is 0.433. The highest BCUT2D eigenvalue weighted by Gasteiger charge is 2.13. The molecule has 0 saturated heterocycles. The number of carbonyl (C=O) groups excluding carboxylic acids is 1. The number of pyridine rings is 1. The first-order chi connectivity index (χ1) is 16.1. The predicted octanol–water partition coefficient (Wildman–Crippen LogP) is 4.23. The zero-order chi connectivity index (χ0) is 22.8. The molecular weight excluding hydrogens is 412 g/mol. The second kappa shape index (κ2) is 8.74. The molecule has 33 heavy (non-hydrogen) atoms. The molecule has 5 aromatic rings. The van der Waals surface area contributed by atoms with Gasteiger partial charge >= 0.3 is 0 Å². The molecular formula is C27H24N4O2. The Balaban J connectivity index is 1.34. The van der Waals surface area contributed by atoms with Crippen molar-refractivity contribution in [2.45, 2.75) is 19.4 Å². The highest BCUT2D eigenvalue weighted by atomic mass is 16.1. The molecule has 0 radical (unpaired) electrons. The average molecular weight is 437 g/mol. The molecule has 6 nitrogen and oxygen atoms in total. The minimum atomic E-state index is -0.108. The molecule has 0 aliphatic carbocycles. The first-order valence-electron chi connectivity index (χ1n) is 11.0. The van der Waals surface area contributed by atoms with E-state index in [1.54, 1.807) is 22.9 Å². The molecule has 3 aromatic heterocycles. The highest BCUT2D eigenvalue weighted by molar-refractivity contribution is 5.94. The van der Waals surface area contributed by atoms with Crippen molar-refractivity contribution < 1.29 is 4.79 Å². The van der Waals surface area contributed by atoms with Gasteiger partial charge < -0.3 is 9.72 Å². The number of nitrogens with zero attached hydrogens (tertiary/aromatic N) is 3. The summed E-state index contributed by atoms with van der Waals surface area (Å²) in [4.78, 5) is 30.2. The second-order valence-electron chi connectivity index (χ2n) is 8.22. The van der Waals surface area contributed by atoms with Crippen molar-refractivity contribution in [2.75, 3.05) is 6.54 Å². The zero-order valence-electron chi connectivity index (χ0n) is 18.3. The van der Waals surface area contributed by atoms with Crippen LogP contribution in [0.5, 0.6) is 0 Å². The van der Waals surface area contributed by atoms with Gasteiger partial charge in [-0.15, -0.1) is 0 Å². The highest BCUT2D eigenvalue weighted by Crippen LogP contribution is 2.16. The number of carbonyl (C=O) groups is 1. The third-order valence-electron chi connectivity index (χ3n) is 5.99. The molecule has 6 heteroatoms. The van der Waals surface area contributed by atoms with E-state index in [2.05, 4.69) is 29.4 Å². The number of amides is 1. The monoisotopic (exact) mass is 436 g/mol. The number of benzene rings is 2. The van der Waals surface area contributed by atoms with Gasteiger partial charge in [-0.25, -0.2) is 4.98 Å². The summed E-state index contributed by atoms with van der Waals surface area (Å²) in [7, 11) is 0. The van der Waals surface area contributed by atoms with Gasteiger partial charge in [-0.05, 0) is 53.4 Å². The van der Waals surface area contributed by atoms with Crippen LogP contribution >= 0.6 is 0 Å². The molecule has 5 rings (SSSR count). The second-order valence-corrected chi connectivity index (χ2v) is 8.22. The lowest BCUT2D eigenvalue weighted by Crippen LogP contribution is -2.27.